The van der Waals surface area contributed by atoms with Crippen LogP contribution in [0.4, 0.5) is 17.6 Å². The van der Waals surface area contributed by atoms with Crippen molar-refractivity contribution in [2.24, 2.45) is 17.8 Å². The van der Waals surface area contributed by atoms with Gasteiger partial charge in [0.15, 0.2) is 23.1 Å². The van der Waals surface area contributed by atoms with E-state index in [9.17, 15) is 17.6 Å². The Balaban J connectivity index is 1.03. The molecule has 1 unspecified atom stereocenters. The lowest BCUT2D eigenvalue weighted by Crippen LogP contribution is -2.29. The molecule has 3 aliphatic carbocycles. The number of hydrogen-bond donors (Lipinski definition) is 0. The van der Waals surface area contributed by atoms with Crippen LogP contribution in [0.15, 0.2) is 30.3 Å². The van der Waals surface area contributed by atoms with Crippen molar-refractivity contribution in [3.05, 3.63) is 64.7 Å². The van der Waals surface area contributed by atoms with Crippen LogP contribution in [0.3, 0.4) is 0 Å². The number of rotatable bonds is 11. The Bertz CT molecular complexity index is 1250. The largest absolute Gasteiger partial charge is 0.491 e. The fourth-order valence-electron chi connectivity index (χ4n) is 7.40. The van der Waals surface area contributed by atoms with Crippen molar-refractivity contribution < 1.29 is 31.8 Å². The van der Waals surface area contributed by atoms with Crippen LogP contribution in [0.1, 0.15) is 108 Å². The van der Waals surface area contributed by atoms with Gasteiger partial charge in [-0.15, -0.1) is 0 Å². The number of allylic oxidation sites excluding steroid dienone is 2. The van der Waals surface area contributed by atoms with Crippen LogP contribution in [0.5, 0.6) is 11.5 Å². The van der Waals surface area contributed by atoms with Gasteiger partial charge in [0, 0.05) is 12.2 Å². The minimum absolute atomic E-state index is 0.000560. The molecule has 3 aliphatic rings. The highest BCUT2D eigenvalue weighted by atomic mass is 19.2. The lowest BCUT2D eigenvalue weighted by atomic mass is 9.72. The minimum Gasteiger partial charge on any atom is -0.491 e. The van der Waals surface area contributed by atoms with E-state index in [2.05, 4.69) is 6.08 Å². The smallest absolute Gasteiger partial charge is 0.201 e. The Morgan fingerprint density at radius 1 is 0.698 bits per heavy atom. The second-order valence-corrected chi connectivity index (χ2v) is 12.7. The molecule has 5 rings (SSSR count). The van der Waals surface area contributed by atoms with Gasteiger partial charge in [-0.2, -0.15) is 8.78 Å². The zero-order chi connectivity index (χ0) is 30.3. The van der Waals surface area contributed by atoms with Crippen molar-refractivity contribution in [2.45, 2.75) is 103 Å². The summed E-state index contributed by atoms with van der Waals surface area (Å²) in [7, 11) is 0. The molecule has 2 saturated carbocycles. The highest BCUT2D eigenvalue weighted by molar-refractivity contribution is 5.67. The highest BCUT2D eigenvalue weighted by Gasteiger charge is 2.31. The minimum atomic E-state index is -0.902. The Morgan fingerprint density at radius 2 is 1.40 bits per heavy atom. The maximum absolute atomic E-state index is 14.8. The number of benzene rings is 2. The van der Waals surface area contributed by atoms with Crippen molar-refractivity contribution in [3.63, 3.8) is 0 Å². The van der Waals surface area contributed by atoms with Gasteiger partial charge in [0.25, 0.3) is 0 Å². The highest BCUT2D eigenvalue weighted by Crippen LogP contribution is 2.43. The van der Waals surface area contributed by atoms with Crippen molar-refractivity contribution >= 4 is 5.57 Å². The Kier molecular flexibility index (Phi) is 11.1. The topological polar surface area (TPSA) is 27.7 Å². The zero-order valence-electron chi connectivity index (χ0n) is 25.6. The van der Waals surface area contributed by atoms with E-state index in [4.69, 9.17) is 14.2 Å². The van der Waals surface area contributed by atoms with Crippen LogP contribution in [0, 0.1) is 41.0 Å². The van der Waals surface area contributed by atoms with Crippen LogP contribution in [-0.4, -0.2) is 25.9 Å². The van der Waals surface area contributed by atoms with E-state index in [1.165, 1.54) is 6.07 Å². The molecule has 3 nitrogen and oxygen atoms in total. The molecule has 1 atom stereocenters. The van der Waals surface area contributed by atoms with Gasteiger partial charge in [0.1, 0.15) is 0 Å². The van der Waals surface area contributed by atoms with E-state index in [1.807, 2.05) is 6.92 Å². The first kappa shape index (κ1) is 31.9. The van der Waals surface area contributed by atoms with Gasteiger partial charge in [0.2, 0.25) is 11.6 Å². The molecule has 0 N–H and O–H groups in total. The molecule has 0 amide bonds. The fraction of sp³-hybridized carbons (Fsp3) is 0.611. The molecule has 43 heavy (non-hydrogen) atoms. The second kappa shape index (κ2) is 15.0. The van der Waals surface area contributed by atoms with Gasteiger partial charge < -0.3 is 14.2 Å². The molecule has 7 heteroatoms. The molecular formula is C36H46F4O3. The first-order valence-corrected chi connectivity index (χ1v) is 16.4. The van der Waals surface area contributed by atoms with Gasteiger partial charge in [-0.05, 0) is 137 Å². The molecule has 236 valence electrons. The summed E-state index contributed by atoms with van der Waals surface area (Å²) >= 11 is 0. The third-order valence-corrected chi connectivity index (χ3v) is 9.92. The summed E-state index contributed by atoms with van der Waals surface area (Å²) in [6, 6.07) is 6.44. The molecule has 0 spiro atoms. The molecule has 2 aromatic rings. The van der Waals surface area contributed by atoms with Crippen molar-refractivity contribution in [2.75, 3.05) is 19.8 Å². The van der Waals surface area contributed by atoms with Crippen LogP contribution in [0.25, 0.3) is 5.57 Å². The van der Waals surface area contributed by atoms with E-state index in [0.29, 0.717) is 42.1 Å². The molecule has 2 fully saturated rings. The summed E-state index contributed by atoms with van der Waals surface area (Å²) in [5.41, 5.74) is 1.73. The molecule has 0 saturated heterocycles. The SMILES string of the molecule is CCCOc1ccc(C2CCC(COC3CCC(C4CC=C(c5ccc(OCC)c(F)c5F)CC4)CC3)CC2)c(F)c1F. The Hall–Kier alpha value is -2.54. The fourth-order valence-corrected chi connectivity index (χ4v) is 7.40. The molecule has 0 aromatic heterocycles. The lowest BCUT2D eigenvalue weighted by molar-refractivity contribution is -0.0132. The third-order valence-electron chi connectivity index (χ3n) is 9.92. The van der Waals surface area contributed by atoms with Gasteiger partial charge >= 0.3 is 0 Å². The van der Waals surface area contributed by atoms with E-state index in [-0.39, 0.29) is 23.5 Å². The summed E-state index contributed by atoms with van der Waals surface area (Å²) in [4.78, 5) is 0. The average Bonchev–Trinajstić information content (AvgIpc) is 3.04. The maximum atomic E-state index is 14.8. The average molecular weight is 603 g/mol. The summed E-state index contributed by atoms with van der Waals surface area (Å²) in [5.74, 6) is -1.65. The Labute approximate surface area is 254 Å². The summed E-state index contributed by atoms with van der Waals surface area (Å²) in [5, 5.41) is 0. The van der Waals surface area contributed by atoms with Gasteiger partial charge in [0.05, 0.1) is 19.3 Å². The quantitative estimate of drug-likeness (QED) is 0.240. The van der Waals surface area contributed by atoms with E-state index in [1.54, 1.807) is 25.1 Å². The molecule has 0 aliphatic heterocycles. The third kappa shape index (κ3) is 7.58. The first-order chi connectivity index (χ1) is 20.9. The van der Waals surface area contributed by atoms with Gasteiger partial charge in [-0.3, -0.25) is 0 Å². The van der Waals surface area contributed by atoms with Crippen LogP contribution >= 0.6 is 0 Å². The van der Waals surface area contributed by atoms with Crippen LogP contribution < -0.4 is 9.47 Å². The van der Waals surface area contributed by atoms with E-state index >= 15 is 0 Å². The standard InChI is InChI=1S/C36H46F4O3/c1-3-21-42-32-20-18-29(34(38)36(32)40)26-7-5-23(6-8-26)22-43-28-15-13-25(14-16-28)24-9-11-27(12-10-24)30-17-19-31(41-4-2)35(39)33(30)37/h11,17-20,23-26,28H,3-10,12-16,21-22H2,1-2H3. The molecule has 0 heterocycles. The second-order valence-electron chi connectivity index (χ2n) is 12.7. The summed E-state index contributed by atoms with van der Waals surface area (Å²) in [6.07, 6.45) is 13.8. The van der Waals surface area contributed by atoms with Crippen LogP contribution in [0.2, 0.25) is 0 Å². The van der Waals surface area contributed by atoms with Crippen LogP contribution in [-0.2, 0) is 4.74 Å². The maximum Gasteiger partial charge on any atom is 0.201 e. The zero-order valence-corrected chi connectivity index (χ0v) is 25.6. The molecule has 0 radical (unpaired) electrons. The summed E-state index contributed by atoms with van der Waals surface area (Å²) < 4.78 is 75.2. The lowest BCUT2D eigenvalue weighted by Gasteiger charge is -2.36. The molecule has 0 bridgehead atoms. The van der Waals surface area contributed by atoms with Crippen molar-refractivity contribution in [1.82, 2.24) is 0 Å². The first-order valence-electron chi connectivity index (χ1n) is 16.4. The predicted molar refractivity (Wildman–Crippen MR) is 161 cm³/mol. The van der Waals surface area contributed by atoms with E-state index in [0.717, 1.165) is 89.2 Å². The number of hydrogen-bond acceptors (Lipinski definition) is 3. The van der Waals surface area contributed by atoms with E-state index < -0.39 is 23.3 Å². The van der Waals surface area contributed by atoms with Crippen molar-refractivity contribution in [3.8, 4) is 11.5 Å². The van der Waals surface area contributed by atoms with Gasteiger partial charge in [-0.1, -0.05) is 19.1 Å². The molecule has 2 aromatic carbocycles. The summed E-state index contributed by atoms with van der Waals surface area (Å²) in [6.45, 7) is 5.09. The van der Waals surface area contributed by atoms with Gasteiger partial charge in [-0.25, -0.2) is 8.78 Å². The Morgan fingerprint density at radius 3 is 2.07 bits per heavy atom. The monoisotopic (exact) mass is 602 g/mol. The van der Waals surface area contributed by atoms with Crippen molar-refractivity contribution in [1.29, 1.82) is 0 Å². The number of ether oxygens (including phenoxy) is 3. The normalized spacial score (nSPS) is 26.2. The molecular weight excluding hydrogens is 556 g/mol. The predicted octanol–water partition coefficient (Wildman–Crippen LogP) is 10.2. The number of halogens is 4.